The van der Waals surface area contributed by atoms with Crippen LogP contribution in [0.2, 0.25) is 0 Å². The molecule has 2 unspecified atom stereocenters. The molecule has 4 nitrogen and oxygen atoms in total. The van der Waals surface area contributed by atoms with Gasteiger partial charge in [-0.3, -0.25) is 4.79 Å². The van der Waals surface area contributed by atoms with E-state index in [0.717, 1.165) is 19.3 Å². The highest BCUT2D eigenvalue weighted by Crippen LogP contribution is 2.37. The lowest BCUT2D eigenvalue weighted by atomic mass is 9.76. The smallest absolute Gasteiger partial charge is 0.329 e. The van der Waals surface area contributed by atoms with Gasteiger partial charge in [0, 0.05) is 12.1 Å². The van der Waals surface area contributed by atoms with E-state index in [1.165, 1.54) is 0 Å². The summed E-state index contributed by atoms with van der Waals surface area (Å²) >= 11 is 0. The summed E-state index contributed by atoms with van der Waals surface area (Å²) in [6.07, 6.45) is 2.49. The number of carboxylic acids is 1. The van der Waals surface area contributed by atoms with Crippen LogP contribution in [-0.4, -0.2) is 34.0 Å². The van der Waals surface area contributed by atoms with E-state index in [9.17, 15) is 14.7 Å². The number of rotatable bonds is 3. The standard InChI is InChI=1S/C16H21NO3/c1-3-13-10-7-11-17(16(13,2)15(19)20)14(18)12-8-5-4-6-9-12/h4-6,8-9,13H,3,7,10-11H2,1-2H3,(H,19,20). The van der Waals surface area contributed by atoms with Crippen molar-refractivity contribution in [3.63, 3.8) is 0 Å². The molecule has 2 atom stereocenters. The Morgan fingerprint density at radius 3 is 2.55 bits per heavy atom. The first-order chi connectivity index (χ1) is 9.51. The molecule has 1 fully saturated rings. The summed E-state index contributed by atoms with van der Waals surface area (Å²) in [7, 11) is 0. The van der Waals surface area contributed by atoms with Gasteiger partial charge in [-0.2, -0.15) is 0 Å². The summed E-state index contributed by atoms with van der Waals surface area (Å²) in [5, 5.41) is 9.67. The van der Waals surface area contributed by atoms with Crippen molar-refractivity contribution >= 4 is 11.9 Å². The van der Waals surface area contributed by atoms with Gasteiger partial charge in [0.15, 0.2) is 0 Å². The number of benzene rings is 1. The molecule has 1 aliphatic heterocycles. The SMILES string of the molecule is CCC1CCCN(C(=O)c2ccccc2)C1(C)C(=O)O. The van der Waals surface area contributed by atoms with E-state index < -0.39 is 11.5 Å². The number of hydrogen-bond acceptors (Lipinski definition) is 2. The van der Waals surface area contributed by atoms with Crippen LogP contribution in [-0.2, 0) is 4.79 Å². The molecule has 1 heterocycles. The third kappa shape index (κ3) is 2.30. The Kier molecular flexibility index (Phi) is 4.12. The van der Waals surface area contributed by atoms with Gasteiger partial charge in [-0.25, -0.2) is 4.79 Å². The molecule has 0 aliphatic carbocycles. The topological polar surface area (TPSA) is 57.6 Å². The van der Waals surface area contributed by atoms with Crippen LogP contribution in [0.25, 0.3) is 0 Å². The Hall–Kier alpha value is -1.84. The molecular weight excluding hydrogens is 254 g/mol. The Balaban J connectivity index is 2.38. The van der Waals surface area contributed by atoms with Crippen LogP contribution in [0.4, 0.5) is 0 Å². The number of hydrogen-bond donors (Lipinski definition) is 1. The fraction of sp³-hybridized carbons (Fsp3) is 0.500. The maximum Gasteiger partial charge on any atom is 0.329 e. The molecule has 4 heteroatoms. The van der Waals surface area contributed by atoms with Gasteiger partial charge in [0.25, 0.3) is 5.91 Å². The average molecular weight is 275 g/mol. The fourth-order valence-electron chi connectivity index (χ4n) is 3.17. The third-order valence-electron chi connectivity index (χ3n) is 4.48. The molecule has 20 heavy (non-hydrogen) atoms. The van der Waals surface area contributed by atoms with Crippen LogP contribution >= 0.6 is 0 Å². The Bertz CT molecular complexity index is 500. The molecule has 1 amide bonds. The lowest BCUT2D eigenvalue weighted by Crippen LogP contribution is -2.62. The first kappa shape index (κ1) is 14.6. The van der Waals surface area contributed by atoms with E-state index in [1.807, 2.05) is 13.0 Å². The lowest BCUT2D eigenvalue weighted by molar-refractivity contribution is -0.155. The number of carboxylic acid groups (broad SMARTS) is 1. The van der Waals surface area contributed by atoms with Gasteiger partial charge in [0.2, 0.25) is 0 Å². The summed E-state index contributed by atoms with van der Waals surface area (Å²) < 4.78 is 0. The highest BCUT2D eigenvalue weighted by atomic mass is 16.4. The molecule has 0 saturated carbocycles. The van der Waals surface area contributed by atoms with E-state index in [4.69, 9.17) is 0 Å². The fourth-order valence-corrected chi connectivity index (χ4v) is 3.17. The maximum absolute atomic E-state index is 12.6. The van der Waals surface area contributed by atoms with Gasteiger partial charge in [0.05, 0.1) is 0 Å². The number of aliphatic carboxylic acids is 1. The number of carbonyl (C=O) groups is 2. The summed E-state index contributed by atoms with van der Waals surface area (Å²) in [6, 6.07) is 8.91. The second-order valence-electron chi connectivity index (χ2n) is 5.52. The van der Waals surface area contributed by atoms with Crippen molar-refractivity contribution in [3.8, 4) is 0 Å². The number of nitrogens with zero attached hydrogens (tertiary/aromatic N) is 1. The number of piperidine rings is 1. The van der Waals surface area contributed by atoms with Crippen molar-refractivity contribution in [1.82, 2.24) is 4.90 Å². The molecular formula is C16H21NO3. The molecule has 1 aromatic rings. The van der Waals surface area contributed by atoms with Crippen LogP contribution in [0, 0.1) is 5.92 Å². The first-order valence-electron chi connectivity index (χ1n) is 7.12. The van der Waals surface area contributed by atoms with Crippen LogP contribution in [0.1, 0.15) is 43.5 Å². The van der Waals surface area contributed by atoms with Crippen LogP contribution in [0.15, 0.2) is 30.3 Å². The van der Waals surface area contributed by atoms with E-state index >= 15 is 0 Å². The van der Waals surface area contributed by atoms with E-state index in [1.54, 1.807) is 36.1 Å². The van der Waals surface area contributed by atoms with Crippen molar-refractivity contribution in [2.45, 2.75) is 38.6 Å². The zero-order chi connectivity index (χ0) is 14.8. The minimum absolute atomic E-state index is 0.00131. The molecule has 1 N–H and O–H groups in total. The zero-order valence-electron chi connectivity index (χ0n) is 12.0. The van der Waals surface area contributed by atoms with Crippen molar-refractivity contribution in [2.75, 3.05) is 6.54 Å². The second kappa shape index (κ2) is 5.65. The summed E-state index contributed by atoms with van der Waals surface area (Å²) in [4.78, 5) is 26.0. The van der Waals surface area contributed by atoms with Crippen molar-refractivity contribution in [2.24, 2.45) is 5.92 Å². The molecule has 0 spiro atoms. The predicted molar refractivity (Wildman–Crippen MR) is 76.5 cm³/mol. The molecule has 0 bridgehead atoms. The van der Waals surface area contributed by atoms with E-state index in [2.05, 4.69) is 0 Å². The molecule has 108 valence electrons. The Morgan fingerprint density at radius 2 is 2.00 bits per heavy atom. The van der Waals surface area contributed by atoms with E-state index in [0.29, 0.717) is 12.1 Å². The van der Waals surface area contributed by atoms with E-state index in [-0.39, 0.29) is 11.8 Å². The number of carbonyl (C=O) groups excluding carboxylic acids is 1. The van der Waals surface area contributed by atoms with Crippen LogP contribution in [0.3, 0.4) is 0 Å². The average Bonchev–Trinajstić information content (AvgIpc) is 2.47. The normalized spacial score (nSPS) is 26.3. The molecule has 0 aromatic heterocycles. The zero-order valence-corrected chi connectivity index (χ0v) is 12.0. The third-order valence-corrected chi connectivity index (χ3v) is 4.48. The largest absolute Gasteiger partial charge is 0.479 e. The molecule has 1 saturated heterocycles. The van der Waals surface area contributed by atoms with Gasteiger partial charge in [-0.05, 0) is 37.8 Å². The van der Waals surface area contributed by atoms with Crippen LogP contribution in [0.5, 0.6) is 0 Å². The number of amides is 1. The maximum atomic E-state index is 12.6. The predicted octanol–water partition coefficient (Wildman–Crippen LogP) is 2.79. The summed E-state index contributed by atoms with van der Waals surface area (Å²) in [5.74, 6) is -1.09. The van der Waals surface area contributed by atoms with Crippen LogP contribution < -0.4 is 0 Å². The second-order valence-corrected chi connectivity index (χ2v) is 5.52. The van der Waals surface area contributed by atoms with Crippen molar-refractivity contribution in [1.29, 1.82) is 0 Å². The van der Waals surface area contributed by atoms with Gasteiger partial charge < -0.3 is 10.0 Å². The highest BCUT2D eigenvalue weighted by Gasteiger charge is 2.49. The van der Waals surface area contributed by atoms with Gasteiger partial charge in [-0.1, -0.05) is 31.5 Å². The highest BCUT2D eigenvalue weighted by molar-refractivity contribution is 5.98. The molecule has 1 aromatic carbocycles. The molecule has 0 radical (unpaired) electrons. The minimum atomic E-state index is -1.11. The van der Waals surface area contributed by atoms with Gasteiger partial charge in [0.1, 0.15) is 5.54 Å². The van der Waals surface area contributed by atoms with Gasteiger partial charge in [-0.15, -0.1) is 0 Å². The van der Waals surface area contributed by atoms with Crippen molar-refractivity contribution in [3.05, 3.63) is 35.9 Å². The molecule has 2 rings (SSSR count). The quantitative estimate of drug-likeness (QED) is 0.922. The Labute approximate surface area is 119 Å². The summed E-state index contributed by atoms with van der Waals surface area (Å²) in [5.41, 5.74) is -0.559. The van der Waals surface area contributed by atoms with Gasteiger partial charge >= 0.3 is 5.97 Å². The monoisotopic (exact) mass is 275 g/mol. The first-order valence-corrected chi connectivity index (χ1v) is 7.12. The minimum Gasteiger partial charge on any atom is -0.479 e. The number of likely N-dealkylation sites (tertiary alicyclic amines) is 1. The summed E-state index contributed by atoms with van der Waals surface area (Å²) in [6.45, 7) is 4.18. The lowest BCUT2D eigenvalue weighted by Gasteiger charge is -2.47. The Morgan fingerprint density at radius 1 is 1.35 bits per heavy atom. The van der Waals surface area contributed by atoms with Crippen molar-refractivity contribution < 1.29 is 14.7 Å². The molecule has 1 aliphatic rings.